The molecule has 0 fully saturated rings. The molecule has 0 saturated carbocycles. The molecule has 0 unspecified atom stereocenters. The number of aromatic nitrogens is 2. The number of hydrogen-bond donors (Lipinski definition) is 4. The van der Waals surface area contributed by atoms with E-state index in [1.807, 2.05) is 0 Å². The molecule has 0 saturated heterocycles. The van der Waals surface area contributed by atoms with Crippen LogP contribution >= 0.6 is 0 Å². The first kappa shape index (κ1) is 9.20. The zero-order chi connectivity index (χ0) is 11.0. The minimum atomic E-state index is -0.719. The molecule has 6 heteroatoms. The second-order valence-corrected chi connectivity index (χ2v) is 3.08. The first-order chi connectivity index (χ1) is 7.08. The van der Waals surface area contributed by atoms with E-state index in [-0.39, 0.29) is 5.84 Å². The van der Waals surface area contributed by atoms with E-state index in [1.54, 1.807) is 12.1 Å². The zero-order valence-corrected chi connectivity index (χ0v) is 7.63. The number of hydrogen-bond acceptors (Lipinski definition) is 3. The minimum absolute atomic E-state index is 0.0936. The Morgan fingerprint density at radius 3 is 2.33 bits per heavy atom. The second kappa shape index (κ2) is 3.09. The van der Waals surface area contributed by atoms with Crippen molar-refractivity contribution in [1.82, 2.24) is 9.97 Å². The van der Waals surface area contributed by atoms with Crippen LogP contribution in [-0.2, 0) is 0 Å². The van der Waals surface area contributed by atoms with Crippen molar-refractivity contribution in [2.24, 2.45) is 5.73 Å². The zero-order valence-electron chi connectivity index (χ0n) is 7.63. The molecule has 0 spiro atoms. The Morgan fingerprint density at radius 1 is 1.13 bits per heavy atom. The average molecular weight is 204 g/mol. The highest BCUT2D eigenvalue weighted by Gasteiger charge is 2.01. The van der Waals surface area contributed by atoms with E-state index >= 15 is 0 Å². The van der Waals surface area contributed by atoms with Crippen molar-refractivity contribution in [3.63, 3.8) is 0 Å². The van der Waals surface area contributed by atoms with Crippen LogP contribution in [0.3, 0.4) is 0 Å². The highest BCUT2D eigenvalue weighted by molar-refractivity contribution is 5.97. The van der Waals surface area contributed by atoms with Gasteiger partial charge in [-0.1, -0.05) is 0 Å². The molecule has 0 aliphatic heterocycles. The molecule has 0 bridgehead atoms. The van der Waals surface area contributed by atoms with E-state index in [2.05, 4.69) is 9.97 Å². The summed E-state index contributed by atoms with van der Waals surface area (Å²) in [6.45, 7) is 0. The van der Waals surface area contributed by atoms with Gasteiger partial charge in [0.25, 0.3) is 0 Å². The van der Waals surface area contributed by atoms with Gasteiger partial charge in [0, 0.05) is 5.56 Å². The molecule has 2 aromatic rings. The van der Waals surface area contributed by atoms with E-state index in [4.69, 9.17) is 11.1 Å². The average Bonchev–Trinajstić information content (AvgIpc) is 2.19. The summed E-state index contributed by atoms with van der Waals surface area (Å²) >= 11 is 0. The Kier molecular flexibility index (Phi) is 1.89. The van der Waals surface area contributed by atoms with Gasteiger partial charge in [0.1, 0.15) is 5.84 Å². The molecule has 5 N–H and O–H groups in total. The van der Waals surface area contributed by atoms with Crippen molar-refractivity contribution in [2.75, 3.05) is 0 Å². The monoisotopic (exact) mass is 204 g/mol. The molecule has 0 amide bonds. The number of nitrogen functional groups attached to an aromatic ring is 1. The van der Waals surface area contributed by atoms with Gasteiger partial charge in [-0.25, -0.2) is 0 Å². The van der Waals surface area contributed by atoms with Crippen molar-refractivity contribution in [2.45, 2.75) is 0 Å². The van der Waals surface area contributed by atoms with Crippen LogP contribution in [0.4, 0.5) is 0 Å². The Balaban J connectivity index is 2.83. The number of H-pyrrole nitrogens is 2. The standard InChI is InChI=1S/C9H8N4O2/c10-7(11)4-1-2-5-6(3-4)13-9(15)8(14)12-5/h1-3H,(H3,10,11)(H,12,14)(H,13,15). The third kappa shape index (κ3) is 1.52. The fraction of sp³-hybridized carbons (Fsp3) is 0. The molecular formula is C9H8N4O2. The number of aromatic amines is 2. The maximum absolute atomic E-state index is 11.0. The lowest BCUT2D eigenvalue weighted by atomic mass is 10.2. The van der Waals surface area contributed by atoms with Crippen molar-refractivity contribution < 1.29 is 0 Å². The van der Waals surface area contributed by atoms with Crippen molar-refractivity contribution in [3.05, 3.63) is 44.5 Å². The number of nitrogens with two attached hydrogens (primary N) is 1. The van der Waals surface area contributed by atoms with Crippen LogP contribution in [0.15, 0.2) is 27.8 Å². The topological polar surface area (TPSA) is 116 Å². The molecule has 0 radical (unpaired) electrons. The largest absolute Gasteiger partial charge is 0.384 e. The second-order valence-electron chi connectivity index (χ2n) is 3.08. The Hall–Kier alpha value is -2.37. The van der Waals surface area contributed by atoms with E-state index in [0.717, 1.165) is 0 Å². The fourth-order valence-electron chi connectivity index (χ4n) is 1.28. The number of amidine groups is 1. The van der Waals surface area contributed by atoms with Gasteiger partial charge in [-0.3, -0.25) is 15.0 Å². The first-order valence-electron chi connectivity index (χ1n) is 4.18. The van der Waals surface area contributed by atoms with Gasteiger partial charge in [0.05, 0.1) is 11.0 Å². The summed E-state index contributed by atoms with van der Waals surface area (Å²) in [6.07, 6.45) is 0. The Bertz CT molecular complexity index is 653. The van der Waals surface area contributed by atoms with Gasteiger partial charge in [0.15, 0.2) is 0 Å². The third-order valence-corrected chi connectivity index (χ3v) is 2.03. The van der Waals surface area contributed by atoms with Crippen molar-refractivity contribution in [3.8, 4) is 0 Å². The molecule has 0 aliphatic rings. The summed E-state index contributed by atoms with van der Waals surface area (Å²) in [5, 5.41) is 7.22. The predicted octanol–water partition coefficient (Wildman–Crippen LogP) is -0.500. The molecule has 76 valence electrons. The first-order valence-corrected chi connectivity index (χ1v) is 4.18. The van der Waals surface area contributed by atoms with Crippen LogP contribution in [0.2, 0.25) is 0 Å². The Labute approximate surface area is 83.3 Å². The van der Waals surface area contributed by atoms with Crippen molar-refractivity contribution in [1.29, 1.82) is 5.41 Å². The maximum Gasteiger partial charge on any atom is 0.314 e. The highest BCUT2D eigenvalue weighted by Crippen LogP contribution is 2.08. The van der Waals surface area contributed by atoms with E-state index < -0.39 is 11.1 Å². The number of rotatable bonds is 1. The van der Waals surface area contributed by atoms with Crippen molar-refractivity contribution >= 4 is 16.9 Å². The highest BCUT2D eigenvalue weighted by atomic mass is 16.2. The quantitative estimate of drug-likeness (QED) is 0.285. The lowest BCUT2D eigenvalue weighted by Crippen LogP contribution is -2.29. The van der Waals surface area contributed by atoms with Gasteiger partial charge in [-0.05, 0) is 18.2 Å². The number of nitrogens with one attached hydrogen (secondary N) is 3. The molecule has 2 rings (SSSR count). The van der Waals surface area contributed by atoms with Gasteiger partial charge in [-0.2, -0.15) is 0 Å². The molecule has 1 aromatic heterocycles. The Morgan fingerprint density at radius 2 is 1.73 bits per heavy atom. The number of fused-ring (bicyclic) bond motifs is 1. The van der Waals surface area contributed by atoms with Gasteiger partial charge in [0.2, 0.25) is 0 Å². The van der Waals surface area contributed by atoms with Crippen LogP contribution < -0.4 is 16.9 Å². The predicted molar refractivity (Wildman–Crippen MR) is 56.2 cm³/mol. The summed E-state index contributed by atoms with van der Waals surface area (Å²) < 4.78 is 0. The molecule has 15 heavy (non-hydrogen) atoms. The number of benzene rings is 1. The van der Waals surface area contributed by atoms with Gasteiger partial charge in [-0.15, -0.1) is 0 Å². The minimum Gasteiger partial charge on any atom is -0.384 e. The van der Waals surface area contributed by atoms with E-state index in [1.165, 1.54) is 6.07 Å². The van der Waals surface area contributed by atoms with Crippen LogP contribution in [0.5, 0.6) is 0 Å². The summed E-state index contributed by atoms with van der Waals surface area (Å²) in [5.41, 5.74) is 5.32. The van der Waals surface area contributed by atoms with Gasteiger partial charge >= 0.3 is 11.1 Å². The summed E-state index contributed by atoms with van der Waals surface area (Å²) in [5.74, 6) is -0.0936. The summed E-state index contributed by atoms with van der Waals surface area (Å²) in [4.78, 5) is 26.8. The van der Waals surface area contributed by atoms with Crippen LogP contribution in [0, 0.1) is 5.41 Å². The van der Waals surface area contributed by atoms with Crippen LogP contribution in [0.25, 0.3) is 11.0 Å². The normalized spacial score (nSPS) is 10.4. The maximum atomic E-state index is 11.0. The SMILES string of the molecule is N=C(N)c1ccc2[nH]c(=O)c(=O)[nH]c2c1. The molecule has 0 atom stereocenters. The molecule has 6 nitrogen and oxygen atoms in total. The lowest BCUT2D eigenvalue weighted by molar-refractivity contribution is 1.15. The molecule has 1 aromatic carbocycles. The third-order valence-electron chi connectivity index (χ3n) is 2.03. The summed E-state index contributed by atoms with van der Waals surface area (Å²) in [6, 6.07) is 4.72. The summed E-state index contributed by atoms with van der Waals surface area (Å²) in [7, 11) is 0. The van der Waals surface area contributed by atoms with Crippen LogP contribution in [-0.4, -0.2) is 15.8 Å². The fourth-order valence-corrected chi connectivity index (χ4v) is 1.28. The lowest BCUT2D eigenvalue weighted by Gasteiger charge is -2.00. The van der Waals surface area contributed by atoms with Crippen LogP contribution in [0.1, 0.15) is 5.56 Å². The van der Waals surface area contributed by atoms with Gasteiger partial charge < -0.3 is 15.7 Å². The molecule has 1 heterocycles. The molecular weight excluding hydrogens is 196 g/mol. The molecule has 0 aliphatic carbocycles. The van der Waals surface area contributed by atoms with E-state index in [9.17, 15) is 9.59 Å². The smallest absolute Gasteiger partial charge is 0.314 e. The van der Waals surface area contributed by atoms with E-state index in [0.29, 0.717) is 16.6 Å².